The fourth-order valence-corrected chi connectivity index (χ4v) is 5.35. The number of carbonyl (C=O) groups is 1. The van der Waals surface area contributed by atoms with Crippen molar-refractivity contribution in [3.05, 3.63) is 0 Å². The molecule has 0 radical (unpaired) electrons. The monoisotopic (exact) mass is 398 g/mol. The second-order valence-electron chi connectivity index (χ2n) is 8.54. The number of nitrogens with one attached hydrogen (secondary N) is 1. The summed E-state index contributed by atoms with van der Waals surface area (Å²) in [5.74, 6) is 0.533. The zero-order chi connectivity index (χ0) is 19.7. The van der Waals surface area contributed by atoms with E-state index in [1.54, 1.807) is 14.2 Å². The molecule has 0 aromatic rings. The standard InChI is InChI=1S/C19H35N5O4/c1-26-15-10-12-13(11-16(15)27-2)21-19(22-17(12)20)24-7-5-23(6-8-24)18(25)14-4-3-9-28-14/h12-17,19,21-22H,3-11,20H2,1-2H3/p+1. The van der Waals surface area contributed by atoms with E-state index in [2.05, 4.69) is 15.5 Å². The molecule has 3 saturated heterocycles. The predicted octanol–water partition coefficient (Wildman–Crippen LogP) is -2.15. The van der Waals surface area contributed by atoms with Crippen molar-refractivity contribution in [1.29, 1.82) is 0 Å². The third kappa shape index (κ3) is 4.07. The fraction of sp³-hybridized carbons (Fsp3) is 0.947. The summed E-state index contributed by atoms with van der Waals surface area (Å²) in [5, 5.41) is 5.99. The molecule has 7 atom stereocenters. The normalized spacial score (nSPS) is 42.4. The van der Waals surface area contributed by atoms with Gasteiger partial charge in [0.15, 0.2) is 0 Å². The molecular formula is C19H36N5O4+. The second kappa shape index (κ2) is 8.91. The summed E-state index contributed by atoms with van der Waals surface area (Å²) >= 11 is 0. The van der Waals surface area contributed by atoms with Gasteiger partial charge in [-0.25, -0.2) is 10.2 Å². The quantitative estimate of drug-likeness (QED) is 0.496. The van der Waals surface area contributed by atoms with Crippen LogP contribution in [0.2, 0.25) is 0 Å². The molecule has 4 aliphatic rings. The van der Waals surface area contributed by atoms with Crippen LogP contribution in [-0.2, 0) is 19.0 Å². The van der Waals surface area contributed by atoms with Crippen LogP contribution in [0.25, 0.3) is 0 Å². The molecule has 1 aliphatic carbocycles. The van der Waals surface area contributed by atoms with Crippen molar-refractivity contribution >= 4 is 5.91 Å². The van der Waals surface area contributed by atoms with Gasteiger partial charge in [0.25, 0.3) is 5.91 Å². The van der Waals surface area contributed by atoms with E-state index in [0.29, 0.717) is 18.6 Å². The summed E-state index contributed by atoms with van der Waals surface area (Å²) < 4.78 is 16.9. The molecule has 9 nitrogen and oxygen atoms in total. The van der Waals surface area contributed by atoms with E-state index < -0.39 is 0 Å². The Morgan fingerprint density at radius 2 is 1.86 bits per heavy atom. The lowest BCUT2D eigenvalue weighted by Crippen LogP contribution is -3.06. The zero-order valence-corrected chi connectivity index (χ0v) is 17.1. The van der Waals surface area contributed by atoms with Crippen LogP contribution in [0, 0.1) is 5.92 Å². The van der Waals surface area contributed by atoms with E-state index in [1.807, 2.05) is 4.90 Å². The molecule has 9 heteroatoms. The highest BCUT2D eigenvalue weighted by Crippen LogP contribution is 2.29. The highest BCUT2D eigenvalue weighted by molar-refractivity contribution is 5.81. The first-order valence-corrected chi connectivity index (χ1v) is 10.7. The summed E-state index contributed by atoms with van der Waals surface area (Å²) in [6, 6.07) is 0.421. The molecule has 7 unspecified atom stereocenters. The van der Waals surface area contributed by atoms with Gasteiger partial charge < -0.3 is 30.2 Å². The maximum absolute atomic E-state index is 12.6. The number of carbonyl (C=O) groups excluding carboxylic acids is 1. The minimum Gasteiger partial charge on any atom is -0.379 e. The summed E-state index contributed by atoms with van der Waals surface area (Å²) in [6.45, 7) is 3.92. The summed E-state index contributed by atoms with van der Waals surface area (Å²) in [4.78, 5) is 16.9. The van der Waals surface area contributed by atoms with Crippen molar-refractivity contribution in [3.8, 4) is 0 Å². The Balaban J connectivity index is 1.32. The fourth-order valence-electron chi connectivity index (χ4n) is 5.35. The third-order valence-electron chi connectivity index (χ3n) is 7.06. The Morgan fingerprint density at radius 3 is 2.50 bits per heavy atom. The lowest BCUT2D eigenvalue weighted by Gasteiger charge is -2.49. The SMILES string of the molecule is COC1CC2[NH2+]C(N3CCN(C(=O)C4CCCO4)CC3)NC(N)C2CC1OC. The van der Waals surface area contributed by atoms with Gasteiger partial charge in [0, 0.05) is 59.3 Å². The Kier molecular flexibility index (Phi) is 6.51. The number of methoxy groups -OCH3 is 2. The molecule has 5 N–H and O–H groups in total. The highest BCUT2D eigenvalue weighted by Gasteiger charge is 2.48. The number of amides is 1. The summed E-state index contributed by atoms with van der Waals surface area (Å²) in [5.41, 5.74) is 6.51. The molecule has 28 heavy (non-hydrogen) atoms. The Labute approximate surface area is 167 Å². The van der Waals surface area contributed by atoms with E-state index in [0.717, 1.165) is 51.9 Å². The first-order valence-electron chi connectivity index (χ1n) is 10.7. The van der Waals surface area contributed by atoms with Gasteiger partial charge in [0.2, 0.25) is 6.29 Å². The number of hydrogen-bond donors (Lipinski definition) is 3. The van der Waals surface area contributed by atoms with Crippen LogP contribution in [-0.4, -0.2) is 99.5 Å². The van der Waals surface area contributed by atoms with Crippen LogP contribution in [0.3, 0.4) is 0 Å². The van der Waals surface area contributed by atoms with Crippen molar-refractivity contribution in [1.82, 2.24) is 15.1 Å². The minimum atomic E-state index is -0.220. The molecule has 3 aliphatic heterocycles. The average molecular weight is 399 g/mol. The van der Waals surface area contributed by atoms with Crippen LogP contribution in [0.5, 0.6) is 0 Å². The number of piperazine rings is 1. The van der Waals surface area contributed by atoms with Crippen LogP contribution in [0.1, 0.15) is 25.7 Å². The average Bonchev–Trinajstić information content (AvgIpc) is 3.27. The number of nitrogens with zero attached hydrogens (tertiary/aromatic N) is 2. The van der Waals surface area contributed by atoms with Gasteiger partial charge in [0.05, 0.1) is 24.4 Å². The van der Waals surface area contributed by atoms with Crippen molar-refractivity contribution in [2.24, 2.45) is 11.7 Å². The molecule has 0 aromatic carbocycles. The molecule has 4 rings (SSSR count). The maximum Gasteiger partial charge on any atom is 0.251 e. The molecular weight excluding hydrogens is 362 g/mol. The van der Waals surface area contributed by atoms with Crippen molar-refractivity contribution < 1.29 is 24.3 Å². The van der Waals surface area contributed by atoms with Gasteiger partial charge in [-0.3, -0.25) is 4.79 Å². The smallest absolute Gasteiger partial charge is 0.251 e. The number of nitrogens with two attached hydrogens (primary N) is 2. The zero-order valence-electron chi connectivity index (χ0n) is 17.1. The van der Waals surface area contributed by atoms with Crippen LogP contribution >= 0.6 is 0 Å². The van der Waals surface area contributed by atoms with E-state index in [-0.39, 0.29) is 36.7 Å². The molecule has 3 heterocycles. The molecule has 0 spiro atoms. The van der Waals surface area contributed by atoms with Gasteiger partial charge in [-0.1, -0.05) is 0 Å². The van der Waals surface area contributed by atoms with Crippen LogP contribution < -0.4 is 16.4 Å². The van der Waals surface area contributed by atoms with Crippen LogP contribution in [0.4, 0.5) is 0 Å². The number of hydrogen-bond acceptors (Lipinski definition) is 7. The van der Waals surface area contributed by atoms with Gasteiger partial charge in [-0.15, -0.1) is 0 Å². The van der Waals surface area contributed by atoms with Gasteiger partial charge in [-0.05, 0) is 19.3 Å². The Bertz CT molecular complexity index is 538. The van der Waals surface area contributed by atoms with Crippen molar-refractivity contribution in [2.75, 3.05) is 47.0 Å². The number of fused-ring (bicyclic) bond motifs is 1. The molecule has 1 saturated carbocycles. The molecule has 160 valence electrons. The third-order valence-corrected chi connectivity index (χ3v) is 7.06. The van der Waals surface area contributed by atoms with E-state index in [4.69, 9.17) is 19.9 Å². The molecule has 1 amide bonds. The van der Waals surface area contributed by atoms with Gasteiger partial charge in [-0.2, -0.15) is 0 Å². The second-order valence-corrected chi connectivity index (χ2v) is 8.54. The molecule has 4 fully saturated rings. The van der Waals surface area contributed by atoms with Crippen LogP contribution in [0.15, 0.2) is 0 Å². The lowest BCUT2D eigenvalue weighted by molar-refractivity contribution is -0.764. The first kappa shape index (κ1) is 20.5. The number of quaternary nitrogens is 1. The Morgan fingerprint density at radius 1 is 1.14 bits per heavy atom. The van der Waals surface area contributed by atoms with Crippen molar-refractivity contribution in [2.45, 2.75) is 62.5 Å². The highest BCUT2D eigenvalue weighted by atomic mass is 16.5. The predicted molar refractivity (Wildman–Crippen MR) is 102 cm³/mol. The molecule has 0 aromatic heterocycles. The maximum atomic E-state index is 12.6. The van der Waals surface area contributed by atoms with Crippen molar-refractivity contribution in [3.63, 3.8) is 0 Å². The number of rotatable bonds is 4. The van der Waals surface area contributed by atoms with Gasteiger partial charge >= 0.3 is 0 Å². The van der Waals surface area contributed by atoms with Gasteiger partial charge in [0.1, 0.15) is 6.10 Å². The minimum absolute atomic E-state index is 0.0537. The first-order chi connectivity index (χ1) is 13.6. The number of ether oxygens (including phenoxy) is 3. The Hall–Kier alpha value is -0.810. The van der Waals surface area contributed by atoms with E-state index in [1.165, 1.54) is 0 Å². The topological polar surface area (TPSA) is 106 Å². The van der Waals surface area contributed by atoms with E-state index in [9.17, 15) is 4.79 Å². The largest absolute Gasteiger partial charge is 0.379 e. The molecule has 0 bridgehead atoms. The van der Waals surface area contributed by atoms with E-state index >= 15 is 0 Å². The lowest BCUT2D eigenvalue weighted by atomic mass is 9.78. The summed E-state index contributed by atoms with van der Waals surface area (Å²) in [6.07, 6.45) is 3.81. The summed E-state index contributed by atoms with van der Waals surface area (Å²) in [7, 11) is 3.52.